The van der Waals surface area contributed by atoms with Crippen LogP contribution in [0.3, 0.4) is 0 Å². The van der Waals surface area contributed by atoms with E-state index in [4.69, 9.17) is 0 Å². The Kier molecular flexibility index (Phi) is 5.71. The summed E-state index contributed by atoms with van der Waals surface area (Å²) in [5, 5.41) is 20.0. The van der Waals surface area contributed by atoms with E-state index in [1.54, 1.807) is 18.2 Å². The molecule has 1 aliphatic heterocycles. The first-order valence-corrected chi connectivity index (χ1v) is 10.6. The average Bonchev–Trinajstić information content (AvgIpc) is 3.29. The molecule has 30 heavy (non-hydrogen) atoms. The largest absolute Gasteiger partial charge is 0.371 e. The number of hydrogen-bond donors (Lipinski definition) is 1. The first-order chi connectivity index (χ1) is 14.5. The molecule has 1 amide bonds. The molecule has 0 saturated carbocycles. The molecule has 2 aromatic carbocycles. The highest BCUT2D eigenvalue weighted by atomic mass is 32.1. The van der Waals surface area contributed by atoms with Crippen molar-refractivity contribution in [2.75, 3.05) is 23.3 Å². The van der Waals surface area contributed by atoms with Gasteiger partial charge >= 0.3 is 0 Å². The molecule has 1 saturated heterocycles. The molecule has 2 heterocycles. The van der Waals surface area contributed by atoms with E-state index in [-0.39, 0.29) is 11.6 Å². The molecule has 0 radical (unpaired) electrons. The average molecular weight is 423 g/mol. The van der Waals surface area contributed by atoms with Crippen LogP contribution in [0, 0.1) is 16.0 Å². The number of aromatic nitrogens is 2. The SMILES string of the molecule is CC1CCN(c2ccc([N+](=O)[O-])cc2C(=O)Nc2ccc(-c3csnn3)cc2)CC1. The number of non-ortho nitro benzene ring substituents is 1. The van der Waals surface area contributed by atoms with Gasteiger partial charge in [0.05, 0.1) is 16.2 Å². The van der Waals surface area contributed by atoms with Crippen LogP contribution in [0.15, 0.2) is 47.8 Å². The van der Waals surface area contributed by atoms with Gasteiger partial charge in [0.1, 0.15) is 5.69 Å². The van der Waals surface area contributed by atoms with Gasteiger partial charge in [0.2, 0.25) is 0 Å². The number of piperidine rings is 1. The minimum Gasteiger partial charge on any atom is -0.371 e. The maximum absolute atomic E-state index is 13.0. The van der Waals surface area contributed by atoms with Crippen LogP contribution in [-0.4, -0.2) is 33.5 Å². The summed E-state index contributed by atoms with van der Waals surface area (Å²) in [5.74, 6) is 0.276. The van der Waals surface area contributed by atoms with Crippen molar-refractivity contribution < 1.29 is 9.72 Å². The molecule has 1 N–H and O–H groups in total. The second-order valence-corrected chi connectivity index (χ2v) is 8.06. The fraction of sp³-hybridized carbons (Fsp3) is 0.286. The zero-order valence-corrected chi connectivity index (χ0v) is 17.3. The number of hydrogen-bond acceptors (Lipinski definition) is 7. The standard InChI is InChI=1S/C21H21N5O3S/c1-14-8-10-25(11-9-14)20-7-6-17(26(28)29)12-18(20)21(27)22-16-4-2-15(3-5-16)19-13-30-24-23-19/h2-7,12-14H,8-11H2,1H3,(H,22,27). The van der Waals surface area contributed by atoms with Gasteiger partial charge in [0.25, 0.3) is 11.6 Å². The summed E-state index contributed by atoms with van der Waals surface area (Å²) in [5.41, 5.74) is 3.23. The topological polar surface area (TPSA) is 101 Å². The smallest absolute Gasteiger partial charge is 0.270 e. The summed E-state index contributed by atoms with van der Waals surface area (Å²) < 4.78 is 3.85. The molecule has 1 aromatic heterocycles. The van der Waals surface area contributed by atoms with E-state index in [9.17, 15) is 14.9 Å². The number of anilines is 2. The fourth-order valence-corrected chi connectivity index (χ4v) is 4.02. The summed E-state index contributed by atoms with van der Waals surface area (Å²) >= 11 is 1.27. The Morgan fingerprint density at radius 2 is 1.93 bits per heavy atom. The highest BCUT2D eigenvalue weighted by molar-refractivity contribution is 7.03. The molecule has 0 atom stereocenters. The van der Waals surface area contributed by atoms with E-state index in [0.29, 0.717) is 17.2 Å². The van der Waals surface area contributed by atoms with Crippen LogP contribution in [0.25, 0.3) is 11.3 Å². The van der Waals surface area contributed by atoms with Crippen LogP contribution in [-0.2, 0) is 0 Å². The molecule has 154 valence electrons. The van der Waals surface area contributed by atoms with Crippen molar-refractivity contribution in [1.29, 1.82) is 0 Å². The van der Waals surface area contributed by atoms with Crippen molar-refractivity contribution in [3.05, 3.63) is 63.5 Å². The third kappa shape index (κ3) is 4.30. The van der Waals surface area contributed by atoms with E-state index < -0.39 is 4.92 Å². The number of nitro groups is 1. The zero-order chi connectivity index (χ0) is 21.1. The lowest BCUT2D eigenvalue weighted by atomic mass is 9.98. The summed E-state index contributed by atoms with van der Waals surface area (Å²) in [7, 11) is 0. The summed E-state index contributed by atoms with van der Waals surface area (Å²) in [6.07, 6.45) is 2.07. The Morgan fingerprint density at radius 1 is 1.20 bits per heavy atom. The lowest BCUT2D eigenvalue weighted by molar-refractivity contribution is -0.384. The highest BCUT2D eigenvalue weighted by Gasteiger charge is 2.23. The lowest BCUT2D eigenvalue weighted by Gasteiger charge is -2.33. The molecule has 4 rings (SSSR count). The van der Waals surface area contributed by atoms with Gasteiger partial charge in [0.15, 0.2) is 0 Å². The van der Waals surface area contributed by atoms with Gasteiger partial charge in [-0.1, -0.05) is 23.5 Å². The molecule has 9 heteroatoms. The molecule has 0 unspecified atom stereocenters. The number of nitrogens with one attached hydrogen (secondary N) is 1. The van der Waals surface area contributed by atoms with Gasteiger partial charge in [-0.05, 0) is 48.5 Å². The Bertz CT molecular complexity index is 1050. The summed E-state index contributed by atoms with van der Waals surface area (Å²) in [6, 6.07) is 11.8. The van der Waals surface area contributed by atoms with Crippen molar-refractivity contribution in [2.24, 2.45) is 5.92 Å². The molecular weight excluding hydrogens is 402 g/mol. The maximum atomic E-state index is 13.0. The molecule has 1 fully saturated rings. The Hall–Kier alpha value is -3.33. The Morgan fingerprint density at radius 3 is 2.57 bits per heavy atom. The Labute approximate surface area is 177 Å². The van der Waals surface area contributed by atoms with Crippen molar-refractivity contribution in [1.82, 2.24) is 9.59 Å². The van der Waals surface area contributed by atoms with Gasteiger partial charge in [-0.25, -0.2) is 0 Å². The van der Waals surface area contributed by atoms with Gasteiger partial charge in [-0.3, -0.25) is 14.9 Å². The number of benzene rings is 2. The number of nitrogens with zero attached hydrogens (tertiary/aromatic N) is 4. The monoisotopic (exact) mass is 423 g/mol. The van der Waals surface area contributed by atoms with E-state index in [0.717, 1.165) is 42.9 Å². The van der Waals surface area contributed by atoms with Crippen LogP contribution in [0.4, 0.5) is 17.1 Å². The van der Waals surface area contributed by atoms with E-state index in [2.05, 4.69) is 26.7 Å². The van der Waals surface area contributed by atoms with Crippen LogP contribution in [0.2, 0.25) is 0 Å². The van der Waals surface area contributed by atoms with Crippen LogP contribution >= 0.6 is 11.5 Å². The van der Waals surface area contributed by atoms with E-state index >= 15 is 0 Å². The van der Waals surface area contributed by atoms with Crippen molar-refractivity contribution in [3.8, 4) is 11.3 Å². The third-order valence-corrected chi connectivity index (χ3v) is 5.86. The number of rotatable bonds is 5. The van der Waals surface area contributed by atoms with Crippen molar-refractivity contribution >= 4 is 34.5 Å². The van der Waals surface area contributed by atoms with Gasteiger partial charge in [-0.2, -0.15) is 0 Å². The van der Waals surface area contributed by atoms with Crippen LogP contribution in [0.5, 0.6) is 0 Å². The Balaban J connectivity index is 1.58. The van der Waals surface area contributed by atoms with Crippen LogP contribution in [0.1, 0.15) is 30.1 Å². The quantitative estimate of drug-likeness (QED) is 0.475. The fourth-order valence-electron chi connectivity index (χ4n) is 3.56. The highest BCUT2D eigenvalue weighted by Crippen LogP contribution is 2.30. The normalized spacial score (nSPS) is 14.5. The molecule has 8 nitrogen and oxygen atoms in total. The summed E-state index contributed by atoms with van der Waals surface area (Å²) in [4.78, 5) is 26.0. The molecular formula is C21H21N5O3S. The van der Waals surface area contributed by atoms with Crippen molar-refractivity contribution in [3.63, 3.8) is 0 Å². The zero-order valence-electron chi connectivity index (χ0n) is 16.4. The third-order valence-electron chi connectivity index (χ3n) is 5.36. The van der Waals surface area contributed by atoms with Crippen LogP contribution < -0.4 is 10.2 Å². The number of carbonyl (C=O) groups is 1. The first-order valence-electron chi connectivity index (χ1n) is 9.73. The number of carbonyl (C=O) groups excluding carboxylic acids is 1. The molecule has 0 aliphatic carbocycles. The minimum absolute atomic E-state index is 0.0966. The van der Waals surface area contributed by atoms with E-state index in [1.807, 2.05) is 17.5 Å². The second-order valence-electron chi connectivity index (χ2n) is 7.45. The predicted octanol–water partition coefficient (Wildman–Crippen LogP) is 4.60. The van der Waals surface area contributed by atoms with E-state index in [1.165, 1.54) is 23.7 Å². The molecule has 0 spiro atoms. The lowest BCUT2D eigenvalue weighted by Crippen LogP contribution is -2.34. The summed E-state index contributed by atoms with van der Waals surface area (Å²) in [6.45, 7) is 3.87. The predicted molar refractivity (Wildman–Crippen MR) is 117 cm³/mol. The van der Waals surface area contributed by atoms with Gasteiger partial charge in [-0.15, -0.1) is 5.10 Å². The first kappa shape index (κ1) is 20.0. The molecule has 0 bridgehead atoms. The minimum atomic E-state index is -0.477. The van der Waals surface area contributed by atoms with Gasteiger partial charge in [0, 0.05) is 41.9 Å². The van der Waals surface area contributed by atoms with Crippen molar-refractivity contribution in [2.45, 2.75) is 19.8 Å². The number of nitro benzene ring substituents is 1. The second kappa shape index (κ2) is 8.58. The molecule has 1 aliphatic rings. The maximum Gasteiger partial charge on any atom is 0.270 e. The van der Waals surface area contributed by atoms with Gasteiger partial charge < -0.3 is 10.2 Å². The number of amides is 1. The molecule has 3 aromatic rings.